The molecule has 1 saturated heterocycles. The van der Waals surface area contributed by atoms with Crippen molar-refractivity contribution in [1.29, 1.82) is 0 Å². The molecular formula is C14H21N7O2. The maximum absolute atomic E-state index is 12.2. The third-order valence-corrected chi connectivity index (χ3v) is 3.96. The first kappa shape index (κ1) is 15.3. The zero-order valence-electron chi connectivity index (χ0n) is 13.0. The summed E-state index contributed by atoms with van der Waals surface area (Å²) < 4.78 is 1.76. The molecule has 0 amide bonds. The highest BCUT2D eigenvalue weighted by atomic mass is 16.2. The van der Waals surface area contributed by atoms with Crippen LogP contribution < -0.4 is 27.6 Å². The molecule has 3 rings (SSSR count). The number of piperidine rings is 1. The van der Waals surface area contributed by atoms with E-state index in [4.69, 9.17) is 11.5 Å². The summed E-state index contributed by atoms with van der Waals surface area (Å²) in [7, 11) is 0. The average molecular weight is 319 g/mol. The van der Waals surface area contributed by atoms with Crippen LogP contribution in [0.3, 0.4) is 0 Å². The Labute approximate surface area is 132 Å². The van der Waals surface area contributed by atoms with Crippen LogP contribution in [0.2, 0.25) is 0 Å². The van der Waals surface area contributed by atoms with Crippen LogP contribution in [-0.2, 0) is 6.54 Å². The van der Waals surface area contributed by atoms with Gasteiger partial charge in [0, 0.05) is 31.4 Å². The van der Waals surface area contributed by atoms with E-state index in [1.54, 1.807) is 17.6 Å². The summed E-state index contributed by atoms with van der Waals surface area (Å²) in [4.78, 5) is 35.0. The Kier molecular flexibility index (Phi) is 3.95. The van der Waals surface area contributed by atoms with E-state index in [9.17, 15) is 9.59 Å². The number of nitrogens with two attached hydrogens (primary N) is 2. The molecule has 0 aromatic carbocycles. The maximum Gasteiger partial charge on any atom is 0.327 e. The maximum atomic E-state index is 12.2. The molecular weight excluding hydrogens is 298 g/mol. The fraction of sp³-hybridized carbons (Fsp3) is 0.500. The molecule has 9 nitrogen and oxygen atoms in total. The van der Waals surface area contributed by atoms with Crippen molar-refractivity contribution in [1.82, 2.24) is 19.5 Å². The summed E-state index contributed by atoms with van der Waals surface area (Å²) in [5.41, 5.74) is 12.0. The van der Waals surface area contributed by atoms with Crippen LogP contribution in [0, 0.1) is 0 Å². The van der Waals surface area contributed by atoms with E-state index in [2.05, 4.69) is 15.0 Å². The van der Waals surface area contributed by atoms with E-state index in [0.29, 0.717) is 30.3 Å². The second-order valence-electron chi connectivity index (χ2n) is 5.92. The number of aromatic nitrogens is 4. The zero-order valence-corrected chi connectivity index (χ0v) is 13.0. The lowest BCUT2D eigenvalue weighted by molar-refractivity contribution is 0.495. The molecule has 0 saturated carbocycles. The monoisotopic (exact) mass is 319 g/mol. The number of fused-ring (bicyclic) bond motifs is 1. The summed E-state index contributed by atoms with van der Waals surface area (Å²) in [6.45, 7) is 3.65. The predicted molar refractivity (Wildman–Crippen MR) is 88.3 cm³/mol. The first-order valence-electron chi connectivity index (χ1n) is 7.61. The molecule has 0 radical (unpaired) electrons. The molecule has 6 N–H and O–H groups in total. The molecule has 1 fully saturated rings. The Hall–Kier alpha value is -2.55. The van der Waals surface area contributed by atoms with Gasteiger partial charge in [-0.3, -0.25) is 14.8 Å². The SMILES string of the molecule is CC(N)=CCn1c(N2CCCC(N)C2)nc2[nH]c(=O)[nH]c(=O)c21. The molecule has 1 aliphatic heterocycles. The van der Waals surface area contributed by atoms with Gasteiger partial charge in [0.1, 0.15) is 0 Å². The topological polar surface area (TPSA) is 139 Å². The number of rotatable bonds is 3. The molecule has 0 aliphatic carbocycles. The summed E-state index contributed by atoms with van der Waals surface area (Å²) >= 11 is 0. The Morgan fingerprint density at radius 1 is 1.43 bits per heavy atom. The number of imidazole rings is 1. The molecule has 0 bridgehead atoms. The number of H-pyrrole nitrogens is 2. The molecule has 23 heavy (non-hydrogen) atoms. The number of aromatic amines is 2. The minimum atomic E-state index is -0.570. The quantitative estimate of drug-likeness (QED) is 0.584. The standard InChI is InChI=1S/C14H21N7O2/c1-8(15)4-6-21-10-11(17-13(23)19-12(10)22)18-14(21)20-5-2-3-9(16)7-20/h4,9H,2-3,5-7,15-16H2,1H3,(H2,17,19,22,23). The average Bonchev–Trinajstić information content (AvgIpc) is 2.83. The van der Waals surface area contributed by atoms with Crippen molar-refractivity contribution in [3.05, 3.63) is 32.6 Å². The van der Waals surface area contributed by atoms with Crippen LogP contribution in [0.15, 0.2) is 21.4 Å². The Bertz CT molecular complexity index is 856. The summed E-state index contributed by atoms with van der Waals surface area (Å²) in [5, 5.41) is 0. The lowest BCUT2D eigenvalue weighted by Crippen LogP contribution is -2.44. The van der Waals surface area contributed by atoms with E-state index >= 15 is 0 Å². The Morgan fingerprint density at radius 3 is 2.91 bits per heavy atom. The van der Waals surface area contributed by atoms with Gasteiger partial charge in [-0.15, -0.1) is 0 Å². The van der Waals surface area contributed by atoms with E-state index in [1.807, 2.05) is 4.90 Å². The van der Waals surface area contributed by atoms with E-state index in [1.165, 1.54) is 0 Å². The van der Waals surface area contributed by atoms with Crippen molar-refractivity contribution < 1.29 is 0 Å². The molecule has 1 aliphatic rings. The number of nitrogens with zero attached hydrogens (tertiary/aromatic N) is 3. The molecule has 3 heterocycles. The van der Waals surface area contributed by atoms with Crippen LogP contribution >= 0.6 is 0 Å². The smallest absolute Gasteiger partial charge is 0.327 e. The lowest BCUT2D eigenvalue weighted by Gasteiger charge is -2.31. The van der Waals surface area contributed by atoms with E-state index in [-0.39, 0.29) is 11.7 Å². The molecule has 2 aromatic heterocycles. The third kappa shape index (κ3) is 3.00. The summed E-state index contributed by atoms with van der Waals surface area (Å²) in [5.74, 6) is 0.625. The van der Waals surface area contributed by atoms with Gasteiger partial charge in [0.25, 0.3) is 5.56 Å². The van der Waals surface area contributed by atoms with Crippen LogP contribution in [0.4, 0.5) is 5.95 Å². The molecule has 2 aromatic rings. The molecule has 9 heteroatoms. The molecule has 1 atom stereocenters. The molecule has 0 spiro atoms. The van der Waals surface area contributed by atoms with Crippen LogP contribution in [0.1, 0.15) is 19.8 Å². The van der Waals surface area contributed by atoms with Gasteiger partial charge in [0.2, 0.25) is 5.95 Å². The van der Waals surface area contributed by atoms with Crippen molar-refractivity contribution in [3.8, 4) is 0 Å². The highest BCUT2D eigenvalue weighted by Crippen LogP contribution is 2.22. The Morgan fingerprint density at radius 2 is 2.22 bits per heavy atom. The minimum absolute atomic E-state index is 0.0705. The van der Waals surface area contributed by atoms with Crippen LogP contribution in [0.25, 0.3) is 11.2 Å². The van der Waals surface area contributed by atoms with Crippen molar-refractivity contribution in [2.45, 2.75) is 32.4 Å². The van der Waals surface area contributed by atoms with E-state index < -0.39 is 11.2 Å². The van der Waals surface area contributed by atoms with Gasteiger partial charge in [-0.25, -0.2) is 4.79 Å². The van der Waals surface area contributed by atoms with E-state index in [0.717, 1.165) is 19.4 Å². The van der Waals surface area contributed by atoms with Gasteiger partial charge in [0.15, 0.2) is 11.2 Å². The second-order valence-corrected chi connectivity index (χ2v) is 5.92. The second kappa shape index (κ2) is 5.92. The number of anilines is 1. The first-order valence-corrected chi connectivity index (χ1v) is 7.61. The van der Waals surface area contributed by atoms with Gasteiger partial charge in [0.05, 0.1) is 0 Å². The number of hydrogen-bond acceptors (Lipinski definition) is 6. The fourth-order valence-electron chi connectivity index (χ4n) is 2.90. The van der Waals surface area contributed by atoms with Gasteiger partial charge >= 0.3 is 5.69 Å². The largest absolute Gasteiger partial charge is 0.402 e. The zero-order chi connectivity index (χ0) is 16.6. The van der Waals surface area contributed by atoms with Gasteiger partial charge in [-0.05, 0) is 25.8 Å². The fourth-order valence-corrected chi connectivity index (χ4v) is 2.90. The van der Waals surface area contributed by atoms with Crippen molar-refractivity contribution in [2.75, 3.05) is 18.0 Å². The number of hydrogen-bond donors (Lipinski definition) is 4. The van der Waals surface area contributed by atoms with Gasteiger partial charge in [-0.2, -0.15) is 4.98 Å². The third-order valence-electron chi connectivity index (χ3n) is 3.96. The first-order chi connectivity index (χ1) is 11.0. The lowest BCUT2D eigenvalue weighted by atomic mass is 10.1. The van der Waals surface area contributed by atoms with Gasteiger partial charge in [-0.1, -0.05) is 0 Å². The van der Waals surface area contributed by atoms with Crippen molar-refractivity contribution >= 4 is 17.1 Å². The summed E-state index contributed by atoms with van der Waals surface area (Å²) in [6.07, 6.45) is 3.73. The molecule has 1 unspecified atom stereocenters. The predicted octanol–water partition coefficient (Wildman–Crippen LogP) is -0.797. The Balaban J connectivity index is 2.17. The van der Waals surface area contributed by atoms with Gasteiger partial charge < -0.3 is 20.9 Å². The number of allylic oxidation sites excluding steroid dienone is 2. The van der Waals surface area contributed by atoms with Crippen LogP contribution in [0.5, 0.6) is 0 Å². The molecule has 124 valence electrons. The highest BCUT2D eigenvalue weighted by molar-refractivity contribution is 5.73. The van der Waals surface area contributed by atoms with Crippen molar-refractivity contribution in [2.24, 2.45) is 11.5 Å². The highest BCUT2D eigenvalue weighted by Gasteiger charge is 2.23. The van der Waals surface area contributed by atoms with Crippen molar-refractivity contribution in [3.63, 3.8) is 0 Å². The summed E-state index contributed by atoms with van der Waals surface area (Å²) in [6, 6.07) is 0.0705. The van der Waals surface area contributed by atoms with Crippen LogP contribution in [-0.4, -0.2) is 38.7 Å². The minimum Gasteiger partial charge on any atom is -0.402 e. The number of nitrogens with one attached hydrogen (secondary N) is 2. The normalized spacial score (nSPS) is 19.5.